The van der Waals surface area contributed by atoms with E-state index in [0.29, 0.717) is 22.6 Å². The van der Waals surface area contributed by atoms with E-state index in [9.17, 15) is 4.79 Å². The van der Waals surface area contributed by atoms with Gasteiger partial charge in [-0.05, 0) is 42.5 Å². The number of amides is 1. The molecule has 0 aliphatic rings. The zero-order valence-corrected chi connectivity index (χ0v) is 11.6. The van der Waals surface area contributed by atoms with Crippen molar-refractivity contribution < 1.29 is 4.79 Å². The molecule has 5 nitrogen and oxygen atoms in total. The van der Waals surface area contributed by atoms with E-state index >= 15 is 0 Å². The van der Waals surface area contributed by atoms with Crippen LogP contribution in [0.2, 0.25) is 0 Å². The lowest BCUT2D eigenvalue weighted by molar-refractivity contribution is 0.102. The van der Waals surface area contributed by atoms with Crippen LogP contribution < -0.4 is 22.3 Å². The van der Waals surface area contributed by atoms with Crippen molar-refractivity contribution in [1.82, 2.24) is 0 Å². The Morgan fingerprint density at radius 3 is 2.42 bits per heavy atom. The third kappa shape index (κ3) is 3.24. The molecule has 0 aliphatic heterocycles. The molecule has 0 atom stereocenters. The van der Waals surface area contributed by atoms with Gasteiger partial charge < -0.3 is 16.5 Å². The first kappa shape index (κ1) is 13.4. The molecule has 0 saturated heterocycles. The smallest absolute Gasteiger partial charge is 0.255 e. The summed E-state index contributed by atoms with van der Waals surface area (Å²) in [6.45, 7) is 0. The molecule has 1 amide bonds. The van der Waals surface area contributed by atoms with E-state index in [-0.39, 0.29) is 5.91 Å². The van der Waals surface area contributed by atoms with Gasteiger partial charge in [0, 0.05) is 15.7 Å². The van der Waals surface area contributed by atoms with Crippen molar-refractivity contribution in [1.29, 1.82) is 0 Å². The van der Waals surface area contributed by atoms with Crippen LogP contribution >= 0.6 is 15.9 Å². The van der Waals surface area contributed by atoms with E-state index in [1.165, 1.54) is 0 Å². The first-order chi connectivity index (χ1) is 9.10. The minimum Gasteiger partial charge on any atom is -0.397 e. The number of anilines is 3. The topological polar surface area (TPSA) is 93.2 Å². The van der Waals surface area contributed by atoms with Crippen LogP contribution in [-0.2, 0) is 0 Å². The largest absolute Gasteiger partial charge is 0.397 e. The third-order valence-electron chi connectivity index (χ3n) is 2.57. The van der Waals surface area contributed by atoms with E-state index in [1.54, 1.807) is 30.3 Å². The molecular weight excluding hydrogens is 308 g/mol. The van der Waals surface area contributed by atoms with Crippen molar-refractivity contribution in [2.75, 3.05) is 16.5 Å². The lowest BCUT2D eigenvalue weighted by atomic mass is 10.1. The quantitative estimate of drug-likeness (QED) is 0.397. The highest BCUT2D eigenvalue weighted by atomic mass is 79.9. The number of hydrogen-bond donors (Lipinski definition) is 4. The van der Waals surface area contributed by atoms with E-state index in [1.807, 2.05) is 12.1 Å². The van der Waals surface area contributed by atoms with Gasteiger partial charge in [0.05, 0.1) is 11.4 Å². The Balaban J connectivity index is 2.18. The molecule has 19 heavy (non-hydrogen) atoms. The van der Waals surface area contributed by atoms with Crippen LogP contribution in [0.15, 0.2) is 46.9 Å². The number of rotatable bonds is 3. The summed E-state index contributed by atoms with van der Waals surface area (Å²) in [5.41, 5.74) is 10.3. The molecule has 0 aromatic heterocycles. The highest BCUT2D eigenvalue weighted by Gasteiger charge is 2.08. The number of nitrogen functional groups attached to an aromatic ring is 2. The minimum atomic E-state index is -0.223. The number of halogens is 1. The van der Waals surface area contributed by atoms with E-state index in [4.69, 9.17) is 11.6 Å². The van der Waals surface area contributed by atoms with Crippen LogP contribution in [-0.4, -0.2) is 5.91 Å². The standard InChI is InChI=1S/C13H13BrN4O/c14-9-2-4-10(5-3-9)17-13(19)8-1-6-11(15)12(7-8)18-16/h1-7,18H,15-16H2,(H,17,19). The summed E-state index contributed by atoms with van der Waals surface area (Å²) in [7, 11) is 0. The highest BCUT2D eigenvalue weighted by molar-refractivity contribution is 9.10. The molecule has 98 valence electrons. The lowest BCUT2D eigenvalue weighted by Gasteiger charge is -2.09. The Bertz CT molecular complexity index is 598. The fraction of sp³-hybridized carbons (Fsp3) is 0. The molecular formula is C13H13BrN4O. The summed E-state index contributed by atoms with van der Waals surface area (Å²) in [6.07, 6.45) is 0. The Morgan fingerprint density at radius 1 is 1.11 bits per heavy atom. The number of nitrogens with two attached hydrogens (primary N) is 2. The molecule has 2 rings (SSSR count). The maximum absolute atomic E-state index is 12.0. The zero-order valence-electron chi connectivity index (χ0n) is 9.98. The van der Waals surface area contributed by atoms with Crippen molar-refractivity contribution in [2.24, 2.45) is 5.84 Å². The number of nitrogens with one attached hydrogen (secondary N) is 2. The Labute approximate surface area is 119 Å². The second-order valence-electron chi connectivity index (χ2n) is 3.91. The van der Waals surface area contributed by atoms with Gasteiger partial charge in [-0.1, -0.05) is 15.9 Å². The van der Waals surface area contributed by atoms with Crippen molar-refractivity contribution in [2.45, 2.75) is 0 Å². The molecule has 0 spiro atoms. The molecule has 0 fully saturated rings. The van der Waals surface area contributed by atoms with Crippen LogP contribution in [0.1, 0.15) is 10.4 Å². The lowest BCUT2D eigenvalue weighted by Crippen LogP contribution is -2.14. The molecule has 0 saturated carbocycles. The van der Waals surface area contributed by atoms with Crippen LogP contribution in [0.4, 0.5) is 17.1 Å². The highest BCUT2D eigenvalue weighted by Crippen LogP contribution is 2.20. The molecule has 6 N–H and O–H groups in total. The number of hydrazine groups is 1. The van der Waals surface area contributed by atoms with Crippen molar-refractivity contribution >= 4 is 38.9 Å². The van der Waals surface area contributed by atoms with Gasteiger partial charge in [-0.25, -0.2) is 0 Å². The number of benzene rings is 2. The fourth-order valence-electron chi connectivity index (χ4n) is 1.56. The normalized spacial score (nSPS) is 10.0. The van der Waals surface area contributed by atoms with Crippen molar-refractivity contribution in [3.05, 3.63) is 52.5 Å². The maximum Gasteiger partial charge on any atom is 0.255 e. The molecule has 0 bridgehead atoms. The number of carbonyl (C=O) groups excluding carboxylic acids is 1. The predicted octanol–water partition coefficient (Wildman–Crippen LogP) is 2.57. The molecule has 6 heteroatoms. The van der Waals surface area contributed by atoms with Gasteiger partial charge in [-0.3, -0.25) is 10.6 Å². The average Bonchev–Trinajstić information content (AvgIpc) is 2.42. The molecule has 0 unspecified atom stereocenters. The summed E-state index contributed by atoms with van der Waals surface area (Å²) in [5.74, 6) is 5.10. The fourth-order valence-corrected chi connectivity index (χ4v) is 1.82. The molecule has 0 radical (unpaired) electrons. The zero-order chi connectivity index (χ0) is 13.8. The predicted molar refractivity (Wildman–Crippen MR) is 80.8 cm³/mol. The first-order valence-corrected chi connectivity index (χ1v) is 6.32. The van der Waals surface area contributed by atoms with Gasteiger partial charge in [-0.15, -0.1) is 0 Å². The molecule has 2 aromatic carbocycles. The van der Waals surface area contributed by atoms with E-state index < -0.39 is 0 Å². The monoisotopic (exact) mass is 320 g/mol. The van der Waals surface area contributed by atoms with Crippen molar-refractivity contribution in [3.63, 3.8) is 0 Å². The second kappa shape index (κ2) is 5.73. The summed E-state index contributed by atoms with van der Waals surface area (Å²) in [4.78, 5) is 12.0. The van der Waals surface area contributed by atoms with Crippen LogP contribution in [0.25, 0.3) is 0 Å². The van der Waals surface area contributed by atoms with Gasteiger partial charge >= 0.3 is 0 Å². The Kier molecular flexibility index (Phi) is 4.03. The maximum atomic E-state index is 12.0. The Morgan fingerprint density at radius 2 is 1.79 bits per heavy atom. The minimum absolute atomic E-state index is 0.223. The second-order valence-corrected chi connectivity index (χ2v) is 4.82. The summed E-state index contributed by atoms with van der Waals surface area (Å²) in [6, 6.07) is 12.2. The van der Waals surface area contributed by atoms with E-state index in [0.717, 1.165) is 4.47 Å². The van der Waals surface area contributed by atoms with E-state index in [2.05, 4.69) is 26.7 Å². The first-order valence-electron chi connectivity index (χ1n) is 5.53. The molecule has 0 aliphatic carbocycles. The molecule has 0 heterocycles. The van der Waals surface area contributed by atoms with Gasteiger partial charge in [0.15, 0.2) is 0 Å². The summed E-state index contributed by atoms with van der Waals surface area (Å²) in [5, 5.41) is 2.79. The van der Waals surface area contributed by atoms with Gasteiger partial charge in [0.2, 0.25) is 0 Å². The Hall–Kier alpha value is -2.05. The molecule has 2 aromatic rings. The average molecular weight is 321 g/mol. The van der Waals surface area contributed by atoms with Gasteiger partial charge in [0.25, 0.3) is 5.91 Å². The van der Waals surface area contributed by atoms with Crippen LogP contribution in [0, 0.1) is 0 Å². The number of carbonyl (C=O) groups is 1. The van der Waals surface area contributed by atoms with Crippen LogP contribution in [0.5, 0.6) is 0 Å². The SMILES string of the molecule is NNc1cc(C(=O)Nc2ccc(Br)cc2)ccc1N. The van der Waals surface area contributed by atoms with Gasteiger partial charge in [0.1, 0.15) is 0 Å². The van der Waals surface area contributed by atoms with Crippen LogP contribution in [0.3, 0.4) is 0 Å². The number of hydrogen-bond acceptors (Lipinski definition) is 4. The summed E-state index contributed by atoms with van der Waals surface area (Å²) < 4.78 is 0.951. The van der Waals surface area contributed by atoms with Crippen molar-refractivity contribution in [3.8, 4) is 0 Å². The third-order valence-corrected chi connectivity index (χ3v) is 3.10. The summed E-state index contributed by atoms with van der Waals surface area (Å²) >= 11 is 3.33. The van der Waals surface area contributed by atoms with Gasteiger partial charge in [-0.2, -0.15) is 0 Å².